The first-order valence-corrected chi connectivity index (χ1v) is 10.5. The smallest absolute Gasteiger partial charge is 0.111 e. The molecule has 0 bridgehead atoms. The maximum absolute atomic E-state index is 9.95. The van der Waals surface area contributed by atoms with E-state index in [1.807, 2.05) is 0 Å². The van der Waals surface area contributed by atoms with Crippen molar-refractivity contribution in [2.24, 2.45) is 0 Å². The molecule has 1 aliphatic rings. The minimum atomic E-state index is -1.10. The van der Waals surface area contributed by atoms with Crippen LogP contribution in [0.5, 0.6) is 0 Å². The Balaban J connectivity index is 1.94. The van der Waals surface area contributed by atoms with Crippen LogP contribution in [0.1, 0.15) is 84.5 Å². The van der Waals surface area contributed by atoms with Crippen molar-refractivity contribution in [2.45, 2.75) is 115 Å². The van der Waals surface area contributed by atoms with Gasteiger partial charge in [0.1, 0.15) is 18.3 Å². The minimum Gasteiger partial charge on any atom is -0.388 e. The number of nitrogens with one attached hydrogen (secondary N) is 1. The van der Waals surface area contributed by atoms with Crippen LogP contribution in [0.15, 0.2) is 0 Å². The molecule has 1 saturated heterocycles. The fourth-order valence-electron chi connectivity index (χ4n) is 3.47. The molecule has 1 heterocycles. The van der Waals surface area contributed by atoms with E-state index in [0.29, 0.717) is 6.42 Å². The van der Waals surface area contributed by atoms with Crippen LogP contribution in [-0.4, -0.2) is 58.9 Å². The first-order valence-electron chi connectivity index (χ1n) is 10.5. The Bertz CT molecular complexity index is 316. The summed E-state index contributed by atoms with van der Waals surface area (Å²) in [5.41, 5.74) is 0. The summed E-state index contributed by atoms with van der Waals surface area (Å²) in [7, 11) is 0. The number of ether oxygens (including phenoxy) is 1. The maximum Gasteiger partial charge on any atom is 0.111 e. The highest BCUT2D eigenvalue weighted by molar-refractivity contribution is 4.88. The van der Waals surface area contributed by atoms with E-state index >= 15 is 0 Å². The van der Waals surface area contributed by atoms with Crippen LogP contribution < -0.4 is 5.32 Å². The average molecular weight is 360 g/mol. The van der Waals surface area contributed by atoms with Gasteiger partial charge in [-0.25, -0.2) is 0 Å². The lowest BCUT2D eigenvalue weighted by molar-refractivity contribution is -0.189. The van der Waals surface area contributed by atoms with Crippen molar-refractivity contribution in [3.63, 3.8) is 0 Å². The third-order valence-electron chi connectivity index (χ3n) is 5.22. The highest BCUT2D eigenvalue weighted by atomic mass is 16.5. The SMILES string of the molecule is CCCCCCCCCCCCNC(C)CC1OC[C@@H](O)C(O)[C@H]1O. The lowest BCUT2D eigenvalue weighted by atomic mass is 9.95. The predicted molar refractivity (Wildman–Crippen MR) is 102 cm³/mol. The zero-order valence-corrected chi connectivity index (χ0v) is 16.3. The van der Waals surface area contributed by atoms with E-state index in [1.54, 1.807) is 0 Å². The molecule has 0 aliphatic carbocycles. The van der Waals surface area contributed by atoms with Gasteiger partial charge in [-0.2, -0.15) is 0 Å². The van der Waals surface area contributed by atoms with Crippen molar-refractivity contribution < 1.29 is 20.1 Å². The number of aliphatic hydroxyl groups is 3. The summed E-state index contributed by atoms with van der Waals surface area (Å²) in [6.45, 7) is 5.40. The summed E-state index contributed by atoms with van der Waals surface area (Å²) in [5.74, 6) is 0. The second-order valence-electron chi connectivity index (χ2n) is 7.69. The van der Waals surface area contributed by atoms with Gasteiger partial charge in [-0.3, -0.25) is 0 Å². The van der Waals surface area contributed by atoms with Gasteiger partial charge in [-0.05, 0) is 26.3 Å². The Hall–Kier alpha value is -0.200. The van der Waals surface area contributed by atoms with Crippen molar-refractivity contribution >= 4 is 0 Å². The molecule has 150 valence electrons. The normalized spacial score (nSPS) is 28.2. The number of aliphatic hydroxyl groups excluding tert-OH is 3. The quantitative estimate of drug-likeness (QED) is 0.359. The van der Waals surface area contributed by atoms with E-state index in [0.717, 1.165) is 6.54 Å². The molecular weight excluding hydrogens is 318 g/mol. The summed E-state index contributed by atoms with van der Waals surface area (Å²) in [6.07, 6.45) is 10.5. The summed E-state index contributed by atoms with van der Waals surface area (Å²) in [6, 6.07) is 0.223. The first-order chi connectivity index (χ1) is 12.1. The molecule has 0 radical (unpaired) electrons. The molecule has 1 rings (SSSR count). The van der Waals surface area contributed by atoms with Crippen molar-refractivity contribution in [1.82, 2.24) is 5.32 Å². The van der Waals surface area contributed by atoms with Gasteiger partial charge in [0.2, 0.25) is 0 Å². The number of hydrogen-bond acceptors (Lipinski definition) is 5. The van der Waals surface area contributed by atoms with Crippen LogP contribution in [0.3, 0.4) is 0 Å². The molecule has 1 fully saturated rings. The zero-order chi connectivity index (χ0) is 18.5. The Labute approximate surface area is 154 Å². The fourth-order valence-corrected chi connectivity index (χ4v) is 3.47. The van der Waals surface area contributed by atoms with Crippen LogP contribution in [-0.2, 0) is 4.74 Å². The molecule has 0 aromatic rings. The van der Waals surface area contributed by atoms with Gasteiger partial charge in [0.05, 0.1) is 12.7 Å². The molecule has 25 heavy (non-hydrogen) atoms. The largest absolute Gasteiger partial charge is 0.388 e. The molecule has 1 aliphatic heterocycles. The number of unbranched alkanes of at least 4 members (excludes halogenated alkanes) is 9. The van der Waals surface area contributed by atoms with Gasteiger partial charge in [-0.1, -0.05) is 64.7 Å². The van der Waals surface area contributed by atoms with Crippen LogP contribution in [0.4, 0.5) is 0 Å². The molecule has 0 saturated carbocycles. The van der Waals surface area contributed by atoms with Gasteiger partial charge in [0.25, 0.3) is 0 Å². The molecular formula is C20H41NO4. The monoisotopic (exact) mass is 359 g/mol. The Kier molecular flexibility index (Phi) is 12.7. The van der Waals surface area contributed by atoms with Gasteiger partial charge < -0.3 is 25.4 Å². The maximum atomic E-state index is 9.95. The van der Waals surface area contributed by atoms with Gasteiger partial charge in [0.15, 0.2) is 0 Å². The Morgan fingerprint density at radius 1 is 0.880 bits per heavy atom. The predicted octanol–water partition coefficient (Wildman–Crippen LogP) is 2.76. The van der Waals surface area contributed by atoms with Crippen molar-refractivity contribution in [2.75, 3.05) is 13.2 Å². The molecule has 5 atom stereocenters. The van der Waals surface area contributed by atoms with E-state index in [9.17, 15) is 15.3 Å². The zero-order valence-electron chi connectivity index (χ0n) is 16.3. The average Bonchev–Trinajstić information content (AvgIpc) is 2.60. The van der Waals surface area contributed by atoms with Crippen LogP contribution >= 0.6 is 0 Å². The van der Waals surface area contributed by atoms with E-state index in [1.165, 1.54) is 64.2 Å². The number of rotatable bonds is 14. The molecule has 4 N–H and O–H groups in total. The van der Waals surface area contributed by atoms with Crippen molar-refractivity contribution in [1.29, 1.82) is 0 Å². The van der Waals surface area contributed by atoms with Crippen LogP contribution in [0.2, 0.25) is 0 Å². The first kappa shape index (κ1) is 22.8. The summed E-state index contributed by atoms with van der Waals surface area (Å²) in [5, 5.41) is 32.6. The molecule has 3 unspecified atom stereocenters. The summed E-state index contributed by atoms with van der Waals surface area (Å²) < 4.78 is 5.45. The second kappa shape index (κ2) is 13.9. The summed E-state index contributed by atoms with van der Waals surface area (Å²) >= 11 is 0. The lowest BCUT2D eigenvalue weighted by Gasteiger charge is -2.36. The molecule has 0 aromatic carbocycles. The van der Waals surface area contributed by atoms with E-state index in [-0.39, 0.29) is 12.6 Å². The molecule has 0 spiro atoms. The third kappa shape index (κ3) is 9.90. The minimum absolute atomic E-state index is 0.0913. The van der Waals surface area contributed by atoms with Crippen molar-refractivity contribution in [3.8, 4) is 0 Å². The fraction of sp³-hybridized carbons (Fsp3) is 1.00. The Morgan fingerprint density at radius 2 is 1.44 bits per heavy atom. The van der Waals surface area contributed by atoms with Gasteiger partial charge in [-0.15, -0.1) is 0 Å². The van der Waals surface area contributed by atoms with Crippen LogP contribution in [0.25, 0.3) is 0 Å². The van der Waals surface area contributed by atoms with Crippen LogP contribution in [0, 0.1) is 0 Å². The van der Waals surface area contributed by atoms with Gasteiger partial charge >= 0.3 is 0 Å². The Morgan fingerprint density at radius 3 is 2.04 bits per heavy atom. The molecule has 5 nitrogen and oxygen atoms in total. The van der Waals surface area contributed by atoms with Gasteiger partial charge in [0, 0.05) is 6.04 Å². The standard InChI is InChI=1S/C20H41NO4/c1-3-4-5-6-7-8-9-10-11-12-13-21-16(2)14-18-20(24)19(23)17(22)15-25-18/h16-24H,3-15H2,1-2H3/t16?,17-,18?,19?,20+/m1/s1. The van der Waals surface area contributed by atoms with E-state index in [4.69, 9.17) is 4.74 Å². The van der Waals surface area contributed by atoms with E-state index < -0.39 is 24.4 Å². The number of hydrogen-bond donors (Lipinski definition) is 4. The molecule has 0 aromatic heterocycles. The molecule has 0 amide bonds. The van der Waals surface area contributed by atoms with E-state index in [2.05, 4.69) is 19.2 Å². The lowest BCUT2D eigenvalue weighted by Crippen LogP contribution is -2.54. The highest BCUT2D eigenvalue weighted by Crippen LogP contribution is 2.19. The summed E-state index contributed by atoms with van der Waals surface area (Å²) in [4.78, 5) is 0. The third-order valence-corrected chi connectivity index (χ3v) is 5.22. The molecule has 5 heteroatoms. The highest BCUT2D eigenvalue weighted by Gasteiger charge is 2.37. The second-order valence-corrected chi connectivity index (χ2v) is 7.69. The topological polar surface area (TPSA) is 82.0 Å². The van der Waals surface area contributed by atoms with Crippen molar-refractivity contribution in [3.05, 3.63) is 0 Å².